The van der Waals surface area contributed by atoms with Crippen LogP contribution in [-0.2, 0) is 0 Å². The summed E-state index contributed by atoms with van der Waals surface area (Å²) in [7, 11) is 1.67. The van der Waals surface area contributed by atoms with Crippen molar-refractivity contribution in [2.24, 2.45) is 0 Å². The van der Waals surface area contributed by atoms with Crippen LogP contribution in [0.25, 0.3) is 0 Å². The fourth-order valence-electron chi connectivity index (χ4n) is 1.05. The summed E-state index contributed by atoms with van der Waals surface area (Å²) in [4.78, 5) is 0.763. The van der Waals surface area contributed by atoms with Crippen molar-refractivity contribution in [2.75, 3.05) is 7.11 Å². The largest absolute Gasteiger partial charge is 0.497 e. The number of rotatable bonds is 3. The first kappa shape index (κ1) is 11.1. The third-order valence-corrected chi connectivity index (χ3v) is 4.40. The third-order valence-electron chi connectivity index (χ3n) is 1.84. The summed E-state index contributed by atoms with van der Waals surface area (Å²) in [6, 6.07) is 8.07. The summed E-state index contributed by atoms with van der Waals surface area (Å²) in [6.07, 6.45) is 0. The van der Waals surface area contributed by atoms with Gasteiger partial charge in [-0.25, -0.2) is 0 Å². The molecule has 72 valence electrons. The molecule has 0 saturated carbocycles. The lowest BCUT2D eigenvalue weighted by Gasteiger charge is -2.12. The molecule has 0 aliphatic carbocycles. The van der Waals surface area contributed by atoms with Crippen LogP contribution in [0.4, 0.5) is 0 Å². The zero-order chi connectivity index (χ0) is 9.84. The molecule has 1 aromatic carbocycles. The van der Waals surface area contributed by atoms with Crippen LogP contribution in [0.5, 0.6) is 5.75 Å². The molecule has 13 heavy (non-hydrogen) atoms. The van der Waals surface area contributed by atoms with E-state index in [-0.39, 0.29) is 0 Å². The van der Waals surface area contributed by atoms with E-state index in [4.69, 9.17) is 4.74 Å². The van der Waals surface area contributed by atoms with Crippen LogP contribution in [0, 0.1) is 0 Å². The Morgan fingerprint density at radius 1 is 1.15 bits per heavy atom. The van der Waals surface area contributed by atoms with Gasteiger partial charge in [-0.2, -0.15) is 0 Å². The number of alkyl halides is 2. The molecule has 0 N–H and O–H groups in total. The maximum Gasteiger partial charge on any atom is 0.118 e. The van der Waals surface area contributed by atoms with Gasteiger partial charge in [0.15, 0.2) is 0 Å². The van der Waals surface area contributed by atoms with Gasteiger partial charge in [-0.3, -0.25) is 0 Å². The van der Waals surface area contributed by atoms with Gasteiger partial charge in [0.25, 0.3) is 0 Å². The highest BCUT2D eigenvalue weighted by atomic mass is 79.9. The number of ether oxygens (including phenoxy) is 1. The maximum absolute atomic E-state index is 5.08. The van der Waals surface area contributed by atoms with E-state index in [1.807, 2.05) is 12.1 Å². The van der Waals surface area contributed by atoms with Crippen LogP contribution < -0.4 is 4.74 Å². The monoisotopic (exact) mass is 306 g/mol. The average Bonchev–Trinajstić information content (AvgIpc) is 2.17. The Bertz CT molecular complexity index is 256. The highest BCUT2D eigenvalue weighted by Gasteiger charge is 2.12. The van der Waals surface area contributed by atoms with Crippen molar-refractivity contribution >= 4 is 31.9 Å². The topological polar surface area (TPSA) is 9.23 Å². The van der Waals surface area contributed by atoms with E-state index in [2.05, 4.69) is 50.9 Å². The summed E-state index contributed by atoms with van der Waals surface area (Å²) in [5, 5.41) is 0. The van der Waals surface area contributed by atoms with E-state index >= 15 is 0 Å². The first-order valence-electron chi connectivity index (χ1n) is 4.07. The SMILES string of the molecule is COc1ccc([C@@H](Br)[C@H](C)Br)cc1. The quantitative estimate of drug-likeness (QED) is 0.769. The lowest BCUT2D eigenvalue weighted by molar-refractivity contribution is 0.414. The molecule has 0 fully saturated rings. The number of hydrogen-bond acceptors (Lipinski definition) is 1. The Kier molecular flexibility index (Phi) is 4.26. The molecule has 0 radical (unpaired) electrons. The predicted octanol–water partition coefficient (Wildman–Crippen LogP) is 3.91. The summed E-state index contributed by atoms with van der Waals surface area (Å²) in [6.45, 7) is 2.11. The molecule has 0 spiro atoms. The molecular weight excluding hydrogens is 296 g/mol. The maximum atomic E-state index is 5.08. The standard InChI is InChI=1S/C10H12Br2O/c1-7(11)10(12)8-3-5-9(13-2)6-4-8/h3-7,10H,1-2H3/t7-,10-/m0/s1. The van der Waals surface area contributed by atoms with Crippen LogP contribution in [0.2, 0.25) is 0 Å². The van der Waals surface area contributed by atoms with Crippen molar-refractivity contribution in [1.82, 2.24) is 0 Å². The smallest absolute Gasteiger partial charge is 0.118 e. The fourth-order valence-corrected chi connectivity index (χ4v) is 1.66. The van der Waals surface area contributed by atoms with Gasteiger partial charge in [0.1, 0.15) is 5.75 Å². The van der Waals surface area contributed by atoms with Crippen molar-refractivity contribution in [1.29, 1.82) is 0 Å². The van der Waals surface area contributed by atoms with Gasteiger partial charge >= 0.3 is 0 Å². The molecule has 1 nitrogen and oxygen atoms in total. The molecule has 0 aliphatic heterocycles. The fraction of sp³-hybridized carbons (Fsp3) is 0.400. The van der Waals surface area contributed by atoms with Gasteiger partial charge in [-0.15, -0.1) is 0 Å². The number of methoxy groups -OCH3 is 1. The highest BCUT2D eigenvalue weighted by molar-refractivity contribution is 9.12. The minimum absolute atomic E-state index is 0.346. The number of benzene rings is 1. The number of hydrogen-bond donors (Lipinski definition) is 0. The molecule has 0 saturated heterocycles. The van der Waals surface area contributed by atoms with Gasteiger partial charge in [0, 0.05) is 4.83 Å². The second-order valence-corrected chi connectivity index (χ2v) is 5.28. The lowest BCUT2D eigenvalue weighted by Crippen LogP contribution is -2.00. The Morgan fingerprint density at radius 2 is 1.69 bits per heavy atom. The minimum Gasteiger partial charge on any atom is -0.497 e. The van der Waals surface area contributed by atoms with Crippen molar-refractivity contribution < 1.29 is 4.74 Å². The molecule has 0 heterocycles. The zero-order valence-corrected chi connectivity index (χ0v) is 10.8. The van der Waals surface area contributed by atoms with E-state index in [0.29, 0.717) is 9.65 Å². The molecule has 1 aromatic rings. The molecular formula is C10H12Br2O. The molecule has 0 aromatic heterocycles. The summed E-state index contributed by atoms with van der Waals surface area (Å²) in [5.41, 5.74) is 1.25. The van der Waals surface area contributed by atoms with Crippen LogP contribution >= 0.6 is 31.9 Å². The molecule has 3 heteroatoms. The molecule has 1 rings (SSSR count). The Labute approximate surface area is 95.7 Å². The van der Waals surface area contributed by atoms with E-state index in [0.717, 1.165) is 5.75 Å². The molecule has 0 bridgehead atoms. The van der Waals surface area contributed by atoms with Gasteiger partial charge in [-0.1, -0.05) is 50.9 Å². The van der Waals surface area contributed by atoms with Crippen molar-refractivity contribution in [3.8, 4) is 5.75 Å². The van der Waals surface area contributed by atoms with Gasteiger partial charge < -0.3 is 4.74 Å². The molecule has 0 unspecified atom stereocenters. The summed E-state index contributed by atoms with van der Waals surface area (Å²) < 4.78 is 5.08. The molecule has 0 aliphatic rings. The Hall–Kier alpha value is -0.0200. The predicted molar refractivity (Wildman–Crippen MR) is 63.1 cm³/mol. The van der Waals surface area contributed by atoms with E-state index in [1.54, 1.807) is 7.11 Å². The molecule has 0 amide bonds. The first-order chi connectivity index (χ1) is 6.15. The van der Waals surface area contributed by atoms with Crippen molar-refractivity contribution in [2.45, 2.75) is 16.6 Å². The van der Waals surface area contributed by atoms with E-state index in [9.17, 15) is 0 Å². The van der Waals surface area contributed by atoms with Gasteiger partial charge in [0.2, 0.25) is 0 Å². The third kappa shape index (κ3) is 2.99. The summed E-state index contributed by atoms with van der Waals surface area (Å²) >= 11 is 7.14. The Morgan fingerprint density at radius 3 is 2.08 bits per heavy atom. The van der Waals surface area contributed by atoms with Gasteiger partial charge in [-0.05, 0) is 17.7 Å². The first-order valence-corrected chi connectivity index (χ1v) is 5.90. The van der Waals surface area contributed by atoms with E-state index < -0.39 is 0 Å². The summed E-state index contributed by atoms with van der Waals surface area (Å²) in [5.74, 6) is 0.894. The van der Waals surface area contributed by atoms with Crippen molar-refractivity contribution in [3.05, 3.63) is 29.8 Å². The van der Waals surface area contributed by atoms with Crippen LogP contribution in [0.15, 0.2) is 24.3 Å². The lowest BCUT2D eigenvalue weighted by atomic mass is 10.1. The normalized spacial score (nSPS) is 15.1. The number of halogens is 2. The Balaban J connectivity index is 2.79. The van der Waals surface area contributed by atoms with Crippen LogP contribution in [0.1, 0.15) is 17.3 Å². The van der Waals surface area contributed by atoms with E-state index in [1.165, 1.54) is 5.56 Å². The average molecular weight is 308 g/mol. The van der Waals surface area contributed by atoms with Crippen LogP contribution in [-0.4, -0.2) is 11.9 Å². The molecule has 2 atom stereocenters. The highest BCUT2D eigenvalue weighted by Crippen LogP contribution is 2.31. The van der Waals surface area contributed by atoms with Crippen LogP contribution in [0.3, 0.4) is 0 Å². The van der Waals surface area contributed by atoms with Crippen molar-refractivity contribution in [3.63, 3.8) is 0 Å². The second kappa shape index (κ2) is 5.01. The van der Waals surface area contributed by atoms with Gasteiger partial charge in [0.05, 0.1) is 11.9 Å². The second-order valence-electron chi connectivity index (χ2n) is 2.85. The zero-order valence-electron chi connectivity index (χ0n) is 7.63. The minimum atomic E-state index is 0.346.